The molecule has 1 aliphatic heterocycles. The van der Waals surface area contributed by atoms with Crippen LogP contribution in [0.2, 0.25) is 10.6 Å². The molecule has 3 aromatic heterocycles. The standard InChI is InChI=1S/C62H70B3N4O4/c1-58(2,3)42-32-33-66-56(37-42)69-52-27-17-16-24-49(52)50-31-30-47(39-55(50)69)70-46-23-20-22-45(38-46)67-40-68(54-29-19-18-28-53(54)67)57-48(41-34-43(59(4,5)6)36-44(35-41)60(7,8)9)25-21-26-51(57)63-71-64(61(10,11)12)73-65(72-63)62(13,14)15/h16-40H,1-15H3/q+1. The van der Waals surface area contributed by atoms with E-state index in [4.69, 9.17) is 23.4 Å². The van der Waals surface area contributed by atoms with E-state index in [1.54, 1.807) is 0 Å². The van der Waals surface area contributed by atoms with Crippen molar-refractivity contribution in [2.24, 2.45) is 0 Å². The largest absolute Gasteiger partial charge is 0.470 e. The van der Waals surface area contributed by atoms with E-state index in [1.165, 1.54) is 22.1 Å². The second kappa shape index (κ2) is 18.2. The van der Waals surface area contributed by atoms with Crippen LogP contribution in [0.25, 0.3) is 61.2 Å². The van der Waals surface area contributed by atoms with Gasteiger partial charge in [-0.05, 0) is 104 Å². The first-order valence-corrected chi connectivity index (χ1v) is 25.9. The Morgan fingerprint density at radius 2 is 1.11 bits per heavy atom. The summed E-state index contributed by atoms with van der Waals surface area (Å²) in [5.74, 6) is 2.33. The molecule has 0 aliphatic carbocycles. The predicted molar refractivity (Wildman–Crippen MR) is 305 cm³/mol. The summed E-state index contributed by atoms with van der Waals surface area (Å²) in [6.45, 7) is 33.4. The Kier molecular flexibility index (Phi) is 12.5. The number of imidazole rings is 1. The molecule has 0 amide bonds. The third-order valence-electron chi connectivity index (χ3n) is 14.1. The Bertz CT molecular complexity index is 3490. The molecule has 1 saturated heterocycles. The van der Waals surface area contributed by atoms with Crippen molar-refractivity contribution in [3.8, 4) is 39.8 Å². The molecule has 370 valence electrons. The Labute approximate surface area is 434 Å². The minimum Gasteiger partial charge on any atom is -0.457 e. The van der Waals surface area contributed by atoms with Crippen molar-refractivity contribution in [2.45, 2.75) is 131 Å². The van der Waals surface area contributed by atoms with Gasteiger partial charge < -0.3 is 18.5 Å². The Morgan fingerprint density at radius 1 is 0.507 bits per heavy atom. The van der Waals surface area contributed by atoms with E-state index >= 15 is 0 Å². The van der Waals surface area contributed by atoms with Crippen LogP contribution in [0.15, 0.2) is 152 Å². The summed E-state index contributed by atoms with van der Waals surface area (Å²) in [7, 11) is -1.76. The predicted octanol–water partition coefficient (Wildman–Crippen LogP) is 15.1. The first kappa shape index (κ1) is 50.2. The molecule has 1 aliphatic rings. The van der Waals surface area contributed by atoms with Gasteiger partial charge in [-0.3, -0.25) is 4.57 Å². The molecule has 1 fully saturated rings. The van der Waals surface area contributed by atoms with Gasteiger partial charge >= 0.3 is 21.4 Å². The number of aromatic nitrogens is 4. The van der Waals surface area contributed by atoms with Crippen molar-refractivity contribution in [1.82, 2.24) is 14.1 Å². The summed E-state index contributed by atoms with van der Waals surface area (Å²) in [5, 5.41) is 1.67. The lowest BCUT2D eigenvalue weighted by Gasteiger charge is -2.41. The molecule has 10 rings (SSSR count). The maximum atomic E-state index is 6.96. The first-order valence-electron chi connectivity index (χ1n) is 25.9. The number of hydrogen-bond acceptors (Lipinski definition) is 5. The fourth-order valence-corrected chi connectivity index (χ4v) is 9.89. The maximum Gasteiger partial charge on any atom is 0.470 e. The minimum atomic E-state index is -0.731. The lowest BCUT2D eigenvalue weighted by Crippen LogP contribution is -2.60. The summed E-state index contributed by atoms with van der Waals surface area (Å²) < 4.78 is 34.2. The van der Waals surface area contributed by atoms with Crippen molar-refractivity contribution < 1.29 is 23.0 Å². The Morgan fingerprint density at radius 3 is 1.77 bits per heavy atom. The van der Waals surface area contributed by atoms with Crippen molar-refractivity contribution >= 4 is 59.7 Å². The highest BCUT2D eigenvalue weighted by Gasteiger charge is 2.52. The molecule has 0 N–H and O–H groups in total. The number of fused-ring (bicyclic) bond motifs is 4. The van der Waals surface area contributed by atoms with E-state index in [9.17, 15) is 0 Å². The van der Waals surface area contributed by atoms with E-state index < -0.39 is 21.4 Å². The van der Waals surface area contributed by atoms with Crippen molar-refractivity contribution in [3.63, 3.8) is 0 Å². The SMILES string of the molecule is CC(C)(C)B1OB(c2cccc(-c3cc(C(C)(C)C)cc(C(C)(C)C)c3)c2-[n+]2cn(-c3cccc(Oc4ccc5c6ccccc6n(-c6cc(C(C)(C)C)ccn6)c5c4)c3)c3ccccc32)OB(C(C)(C)C)O1. The van der Waals surface area contributed by atoms with Gasteiger partial charge in [0.25, 0.3) is 6.33 Å². The van der Waals surface area contributed by atoms with E-state index in [1.807, 2.05) is 12.3 Å². The van der Waals surface area contributed by atoms with E-state index in [0.717, 1.165) is 72.7 Å². The van der Waals surface area contributed by atoms with E-state index in [0.29, 0.717) is 0 Å². The van der Waals surface area contributed by atoms with Gasteiger partial charge in [0.05, 0.1) is 11.0 Å². The molecule has 0 unspecified atom stereocenters. The number of para-hydroxylation sites is 4. The van der Waals surface area contributed by atoms with Crippen molar-refractivity contribution in [1.29, 1.82) is 0 Å². The van der Waals surface area contributed by atoms with Crippen LogP contribution in [0.1, 0.15) is 121 Å². The molecule has 0 atom stereocenters. The van der Waals surface area contributed by atoms with Crippen molar-refractivity contribution in [3.05, 3.63) is 169 Å². The van der Waals surface area contributed by atoms with Crippen LogP contribution in [-0.2, 0) is 30.0 Å². The van der Waals surface area contributed by atoms with E-state index in [2.05, 4.69) is 257 Å². The second-order valence-electron chi connectivity index (χ2n) is 25.3. The highest BCUT2D eigenvalue weighted by molar-refractivity contribution is 6.81. The molecule has 8 nitrogen and oxygen atoms in total. The van der Waals surface area contributed by atoms with Gasteiger partial charge in [0.1, 0.15) is 28.7 Å². The lowest BCUT2D eigenvalue weighted by atomic mass is 9.50. The van der Waals surface area contributed by atoms with Crippen molar-refractivity contribution in [2.75, 3.05) is 0 Å². The molecule has 6 aromatic carbocycles. The van der Waals surface area contributed by atoms with Crippen LogP contribution in [0.4, 0.5) is 0 Å². The Balaban J connectivity index is 1.13. The topological polar surface area (TPSA) is 63.6 Å². The fraction of sp³-hybridized carbons (Fsp3) is 0.323. The van der Waals surface area contributed by atoms with Gasteiger partial charge in [0, 0.05) is 40.1 Å². The number of nitrogens with zero attached hydrogens (tertiary/aromatic N) is 4. The number of ether oxygens (including phenoxy) is 1. The summed E-state index contributed by atoms with van der Waals surface area (Å²) in [5.41, 5.74) is 12.8. The number of benzene rings is 6. The molecule has 0 bridgehead atoms. The number of hydrogen-bond donors (Lipinski definition) is 0. The zero-order chi connectivity index (χ0) is 52.0. The second-order valence-corrected chi connectivity index (χ2v) is 25.3. The average molecular weight is 968 g/mol. The zero-order valence-electron chi connectivity index (χ0n) is 45.6. The molecule has 73 heavy (non-hydrogen) atoms. The molecule has 9 aromatic rings. The summed E-state index contributed by atoms with van der Waals surface area (Å²) in [6, 6.07) is 49.8. The molecule has 4 heterocycles. The highest BCUT2D eigenvalue weighted by Crippen LogP contribution is 2.41. The van der Waals surface area contributed by atoms with Gasteiger partial charge in [-0.1, -0.05) is 177 Å². The average Bonchev–Trinajstić information content (AvgIpc) is 3.88. The molecule has 11 heteroatoms. The molecular formula is C62H70B3N4O4+. The molecule has 0 spiro atoms. The van der Waals surface area contributed by atoms with E-state index in [-0.39, 0.29) is 26.9 Å². The monoisotopic (exact) mass is 968 g/mol. The smallest absolute Gasteiger partial charge is 0.457 e. The summed E-state index contributed by atoms with van der Waals surface area (Å²) in [6.07, 6.45) is 4.12. The zero-order valence-corrected chi connectivity index (χ0v) is 45.6. The number of rotatable bonds is 7. The van der Waals surface area contributed by atoms with Crippen LogP contribution < -0.4 is 14.8 Å². The normalized spacial score (nSPS) is 14.3. The minimum absolute atomic E-state index is 0.0287. The molecular weight excluding hydrogens is 897 g/mol. The third-order valence-corrected chi connectivity index (χ3v) is 14.1. The maximum absolute atomic E-state index is 6.96. The quantitative estimate of drug-likeness (QED) is 0.118. The highest BCUT2D eigenvalue weighted by atomic mass is 16.7. The van der Waals surface area contributed by atoms with Gasteiger partial charge in [-0.15, -0.1) is 0 Å². The lowest BCUT2D eigenvalue weighted by molar-refractivity contribution is -0.566. The summed E-state index contributed by atoms with van der Waals surface area (Å²) >= 11 is 0. The first-order chi connectivity index (χ1) is 34.3. The molecule has 0 radical (unpaired) electrons. The number of pyridine rings is 1. The Hall–Kier alpha value is -6.39. The third kappa shape index (κ3) is 9.80. The van der Waals surface area contributed by atoms with Crippen LogP contribution >= 0.6 is 0 Å². The van der Waals surface area contributed by atoms with Crippen LogP contribution in [0.3, 0.4) is 0 Å². The van der Waals surface area contributed by atoms with Gasteiger partial charge in [-0.25, -0.2) is 4.98 Å². The van der Waals surface area contributed by atoms with Crippen LogP contribution in [0, 0.1) is 0 Å². The van der Waals surface area contributed by atoms with Gasteiger partial charge in [-0.2, -0.15) is 9.13 Å². The van der Waals surface area contributed by atoms with Gasteiger partial charge in [0.2, 0.25) is 0 Å². The van der Waals surface area contributed by atoms with Gasteiger partial charge in [0.15, 0.2) is 11.0 Å². The van der Waals surface area contributed by atoms with Crippen LogP contribution in [-0.4, -0.2) is 35.5 Å². The molecule has 0 saturated carbocycles. The van der Waals surface area contributed by atoms with Crippen LogP contribution in [0.5, 0.6) is 11.5 Å². The summed E-state index contributed by atoms with van der Waals surface area (Å²) in [4.78, 5) is 4.91. The fourth-order valence-electron chi connectivity index (χ4n) is 9.89.